The van der Waals surface area contributed by atoms with Crippen molar-refractivity contribution in [3.63, 3.8) is 0 Å². The van der Waals surface area contributed by atoms with Crippen LogP contribution in [0.1, 0.15) is 12.6 Å². The van der Waals surface area contributed by atoms with Gasteiger partial charge >= 0.3 is 0 Å². The molecule has 0 unspecified atom stereocenters. The Hall–Kier alpha value is -1.68. The van der Waals surface area contributed by atoms with Gasteiger partial charge in [-0.3, -0.25) is 4.98 Å². The Bertz CT molecular complexity index is 459. The van der Waals surface area contributed by atoms with Crippen molar-refractivity contribution in [1.29, 1.82) is 0 Å². The Balaban J connectivity index is 2.33. The fourth-order valence-corrected chi connectivity index (χ4v) is 1.60. The number of pyridine rings is 1. The lowest BCUT2D eigenvalue weighted by molar-refractivity contribution is 0.174. The second-order valence-electron chi connectivity index (χ2n) is 3.94. The van der Waals surface area contributed by atoms with Crippen LogP contribution in [-0.2, 0) is 6.54 Å². The monoisotopic (exact) mass is 217 g/mol. The van der Waals surface area contributed by atoms with Gasteiger partial charge in [0.25, 0.3) is 0 Å². The van der Waals surface area contributed by atoms with E-state index < -0.39 is 0 Å². The number of rotatable bonds is 3. The van der Waals surface area contributed by atoms with Crippen molar-refractivity contribution in [2.24, 2.45) is 0 Å². The minimum atomic E-state index is -0.383. The van der Waals surface area contributed by atoms with Crippen LogP contribution in [0.5, 0.6) is 0 Å². The van der Waals surface area contributed by atoms with E-state index in [1.807, 2.05) is 29.8 Å². The molecule has 0 aliphatic rings. The Labute approximate surface area is 94.6 Å². The maximum atomic E-state index is 9.38. The van der Waals surface area contributed by atoms with Gasteiger partial charge < -0.3 is 9.67 Å². The Morgan fingerprint density at radius 2 is 2.19 bits per heavy atom. The lowest BCUT2D eigenvalue weighted by Crippen LogP contribution is -2.12. The molecule has 0 saturated heterocycles. The van der Waals surface area contributed by atoms with E-state index in [9.17, 15) is 5.11 Å². The van der Waals surface area contributed by atoms with Crippen LogP contribution in [-0.4, -0.2) is 25.7 Å². The van der Waals surface area contributed by atoms with Crippen molar-refractivity contribution in [2.75, 3.05) is 0 Å². The van der Waals surface area contributed by atoms with Gasteiger partial charge in [0.15, 0.2) is 0 Å². The molecule has 0 bridgehead atoms. The predicted octanol–water partition coefficient (Wildman–Crippen LogP) is 1.63. The molecule has 0 radical (unpaired) electrons. The normalized spacial score (nSPS) is 12.7. The first-order valence-electron chi connectivity index (χ1n) is 5.29. The van der Waals surface area contributed by atoms with Crippen LogP contribution in [0.15, 0.2) is 30.7 Å². The van der Waals surface area contributed by atoms with Crippen LogP contribution >= 0.6 is 0 Å². The molecule has 4 nitrogen and oxygen atoms in total. The van der Waals surface area contributed by atoms with Crippen LogP contribution in [0.25, 0.3) is 11.4 Å². The van der Waals surface area contributed by atoms with Gasteiger partial charge in [0.2, 0.25) is 0 Å². The largest absolute Gasteiger partial charge is 0.392 e. The van der Waals surface area contributed by atoms with Gasteiger partial charge in [-0.05, 0) is 26.0 Å². The van der Waals surface area contributed by atoms with Crippen molar-refractivity contribution in [3.8, 4) is 11.4 Å². The van der Waals surface area contributed by atoms with Gasteiger partial charge in [-0.15, -0.1) is 0 Å². The number of hydrogen-bond donors (Lipinski definition) is 1. The molecule has 0 aromatic carbocycles. The molecule has 2 aromatic rings. The summed E-state index contributed by atoms with van der Waals surface area (Å²) < 4.78 is 1.93. The standard InChI is InChI=1S/C12H15N3O/c1-9-3-4-11(7-14-9)12-13-5-6-15(12)8-10(2)16/h3-7,10,16H,8H2,1-2H3/t10-/m1/s1. The molecular formula is C12H15N3O. The quantitative estimate of drug-likeness (QED) is 0.850. The van der Waals surface area contributed by atoms with Crippen LogP contribution in [0.3, 0.4) is 0 Å². The number of aliphatic hydroxyl groups excluding tert-OH is 1. The minimum absolute atomic E-state index is 0.383. The summed E-state index contributed by atoms with van der Waals surface area (Å²) >= 11 is 0. The molecule has 0 aliphatic heterocycles. The van der Waals surface area contributed by atoms with E-state index in [-0.39, 0.29) is 6.10 Å². The van der Waals surface area contributed by atoms with Crippen LogP contribution in [0.2, 0.25) is 0 Å². The predicted molar refractivity (Wildman–Crippen MR) is 61.9 cm³/mol. The van der Waals surface area contributed by atoms with Crippen LogP contribution in [0.4, 0.5) is 0 Å². The fraction of sp³-hybridized carbons (Fsp3) is 0.333. The summed E-state index contributed by atoms with van der Waals surface area (Å²) in [5.74, 6) is 0.841. The summed E-state index contributed by atoms with van der Waals surface area (Å²) in [5, 5.41) is 9.38. The molecule has 84 valence electrons. The highest BCUT2D eigenvalue weighted by Gasteiger charge is 2.07. The number of imidazole rings is 1. The highest BCUT2D eigenvalue weighted by Crippen LogP contribution is 2.16. The number of aryl methyl sites for hydroxylation is 1. The summed E-state index contributed by atoms with van der Waals surface area (Å²) in [4.78, 5) is 8.52. The summed E-state index contributed by atoms with van der Waals surface area (Å²) in [6, 6.07) is 3.94. The lowest BCUT2D eigenvalue weighted by atomic mass is 10.2. The van der Waals surface area contributed by atoms with Crippen molar-refractivity contribution in [1.82, 2.24) is 14.5 Å². The van der Waals surface area contributed by atoms with Crippen LogP contribution < -0.4 is 0 Å². The molecule has 16 heavy (non-hydrogen) atoms. The van der Waals surface area contributed by atoms with Gasteiger partial charge in [-0.2, -0.15) is 0 Å². The maximum absolute atomic E-state index is 9.38. The van der Waals surface area contributed by atoms with E-state index in [0.717, 1.165) is 17.1 Å². The molecule has 2 rings (SSSR count). The Kier molecular flexibility index (Phi) is 3.01. The van der Waals surface area contributed by atoms with Crippen molar-refractivity contribution in [2.45, 2.75) is 26.5 Å². The van der Waals surface area contributed by atoms with E-state index in [0.29, 0.717) is 6.54 Å². The first-order valence-corrected chi connectivity index (χ1v) is 5.29. The lowest BCUT2D eigenvalue weighted by Gasteiger charge is -2.09. The molecule has 0 saturated carbocycles. The van der Waals surface area contributed by atoms with Gasteiger partial charge in [0.1, 0.15) is 5.82 Å². The third-order valence-corrected chi connectivity index (χ3v) is 2.35. The molecule has 0 spiro atoms. The number of nitrogens with zero attached hydrogens (tertiary/aromatic N) is 3. The zero-order valence-electron chi connectivity index (χ0n) is 9.46. The molecule has 2 heterocycles. The summed E-state index contributed by atoms with van der Waals surface area (Å²) in [7, 11) is 0. The van der Waals surface area contributed by atoms with Gasteiger partial charge in [-0.1, -0.05) is 0 Å². The smallest absolute Gasteiger partial charge is 0.141 e. The van der Waals surface area contributed by atoms with Crippen LogP contribution in [0, 0.1) is 6.92 Å². The second kappa shape index (κ2) is 4.45. The first kappa shape index (κ1) is 10.8. The molecule has 2 aromatic heterocycles. The van der Waals surface area contributed by atoms with E-state index in [4.69, 9.17) is 0 Å². The average molecular weight is 217 g/mol. The van der Waals surface area contributed by atoms with Gasteiger partial charge in [0, 0.05) is 36.4 Å². The van der Waals surface area contributed by atoms with Crippen molar-refractivity contribution >= 4 is 0 Å². The van der Waals surface area contributed by atoms with Crippen molar-refractivity contribution in [3.05, 3.63) is 36.4 Å². The molecule has 1 atom stereocenters. The van der Waals surface area contributed by atoms with E-state index in [1.165, 1.54) is 0 Å². The topological polar surface area (TPSA) is 50.9 Å². The van der Waals surface area contributed by atoms with Gasteiger partial charge in [-0.25, -0.2) is 4.98 Å². The maximum Gasteiger partial charge on any atom is 0.141 e. The van der Waals surface area contributed by atoms with E-state index in [2.05, 4.69) is 9.97 Å². The number of aliphatic hydroxyl groups is 1. The summed E-state index contributed by atoms with van der Waals surface area (Å²) in [6.07, 6.45) is 5.02. The molecule has 0 fully saturated rings. The molecule has 1 N–H and O–H groups in total. The third-order valence-electron chi connectivity index (χ3n) is 2.35. The van der Waals surface area contributed by atoms with Crippen molar-refractivity contribution < 1.29 is 5.11 Å². The highest BCUT2D eigenvalue weighted by atomic mass is 16.3. The Morgan fingerprint density at radius 3 is 2.81 bits per heavy atom. The average Bonchev–Trinajstić information content (AvgIpc) is 2.66. The molecule has 0 amide bonds. The number of hydrogen-bond acceptors (Lipinski definition) is 3. The fourth-order valence-electron chi connectivity index (χ4n) is 1.60. The van der Waals surface area contributed by atoms with E-state index >= 15 is 0 Å². The number of aromatic nitrogens is 3. The van der Waals surface area contributed by atoms with E-state index in [1.54, 1.807) is 19.3 Å². The molecule has 0 aliphatic carbocycles. The third kappa shape index (κ3) is 2.28. The SMILES string of the molecule is Cc1ccc(-c2nccn2C[C@@H](C)O)cn1. The minimum Gasteiger partial charge on any atom is -0.392 e. The highest BCUT2D eigenvalue weighted by molar-refractivity contribution is 5.54. The zero-order valence-corrected chi connectivity index (χ0v) is 9.46. The second-order valence-corrected chi connectivity index (χ2v) is 3.94. The van der Waals surface area contributed by atoms with Gasteiger partial charge in [0.05, 0.1) is 6.10 Å². The summed E-state index contributed by atoms with van der Waals surface area (Å²) in [6.45, 7) is 4.26. The zero-order chi connectivity index (χ0) is 11.5. The summed E-state index contributed by atoms with van der Waals surface area (Å²) in [5.41, 5.74) is 1.95. The molecule has 4 heteroatoms. The molecular weight excluding hydrogens is 202 g/mol. The first-order chi connectivity index (χ1) is 7.66. The Morgan fingerprint density at radius 1 is 1.38 bits per heavy atom.